The highest BCUT2D eigenvalue weighted by atomic mass is 19.1. The SMILES string of the molecule is COC1(C(=O)NC2CCc3ccc(C)c(=O)n3C2Cc2cccc(-c3cccc(F)c3)c2F)CC1. The Labute approximate surface area is 202 Å². The molecule has 1 fully saturated rings. The Hall–Kier alpha value is -3.32. The maximum atomic E-state index is 15.7. The molecule has 182 valence electrons. The van der Waals surface area contributed by atoms with Crippen LogP contribution in [0.3, 0.4) is 0 Å². The summed E-state index contributed by atoms with van der Waals surface area (Å²) in [6.45, 7) is 1.75. The van der Waals surface area contributed by atoms with Crippen LogP contribution in [0, 0.1) is 18.6 Å². The Balaban J connectivity index is 1.54. The van der Waals surface area contributed by atoms with Gasteiger partial charge in [0.25, 0.3) is 11.5 Å². The number of pyridine rings is 1. The van der Waals surface area contributed by atoms with Crippen molar-refractivity contribution in [1.29, 1.82) is 0 Å². The fraction of sp³-hybridized carbons (Fsp3) is 0.357. The van der Waals surface area contributed by atoms with Gasteiger partial charge < -0.3 is 14.6 Å². The van der Waals surface area contributed by atoms with E-state index in [4.69, 9.17) is 4.74 Å². The summed E-state index contributed by atoms with van der Waals surface area (Å²) < 4.78 is 36.7. The second-order valence-corrected chi connectivity index (χ2v) is 9.56. The number of carbonyl (C=O) groups excluding carboxylic acids is 1. The van der Waals surface area contributed by atoms with E-state index in [0.717, 1.165) is 5.69 Å². The third-order valence-corrected chi connectivity index (χ3v) is 7.37. The van der Waals surface area contributed by atoms with Crippen LogP contribution >= 0.6 is 0 Å². The van der Waals surface area contributed by atoms with Gasteiger partial charge in [-0.25, -0.2) is 8.78 Å². The molecule has 5 rings (SSSR count). The number of rotatable bonds is 6. The third kappa shape index (κ3) is 4.29. The molecule has 1 aromatic heterocycles. The molecule has 5 nitrogen and oxygen atoms in total. The molecule has 0 spiro atoms. The number of amides is 1. The molecule has 35 heavy (non-hydrogen) atoms. The minimum Gasteiger partial charge on any atom is -0.368 e. The third-order valence-electron chi connectivity index (χ3n) is 7.37. The monoisotopic (exact) mass is 478 g/mol. The van der Waals surface area contributed by atoms with E-state index in [1.807, 2.05) is 6.07 Å². The predicted octanol–water partition coefficient (Wildman–Crippen LogP) is 4.50. The lowest BCUT2D eigenvalue weighted by Crippen LogP contribution is -2.52. The van der Waals surface area contributed by atoms with Crippen molar-refractivity contribution in [3.05, 3.63) is 93.4 Å². The zero-order valence-electron chi connectivity index (χ0n) is 19.8. The zero-order valence-corrected chi connectivity index (χ0v) is 19.8. The van der Waals surface area contributed by atoms with Crippen LogP contribution < -0.4 is 10.9 Å². The molecule has 3 aromatic rings. The summed E-state index contributed by atoms with van der Waals surface area (Å²) >= 11 is 0. The smallest absolute Gasteiger partial charge is 0.253 e. The molecule has 0 saturated heterocycles. The van der Waals surface area contributed by atoms with Crippen molar-refractivity contribution in [3.63, 3.8) is 0 Å². The minimum absolute atomic E-state index is 0.138. The number of fused-ring (bicyclic) bond motifs is 1. The van der Waals surface area contributed by atoms with Crippen LogP contribution in [-0.4, -0.2) is 29.2 Å². The number of aromatic nitrogens is 1. The van der Waals surface area contributed by atoms with Gasteiger partial charge in [-0.15, -0.1) is 0 Å². The highest BCUT2D eigenvalue weighted by Crippen LogP contribution is 2.40. The predicted molar refractivity (Wildman–Crippen MR) is 129 cm³/mol. The van der Waals surface area contributed by atoms with Crippen molar-refractivity contribution >= 4 is 5.91 Å². The van der Waals surface area contributed by atoms with Crippen molar-refractivity contribution in [3.8, 4) is 11.1 Å². The van der Waals surface area contributed by atoms with Gasteiger partial charge in [0.1, 0.15) is 17.2 Å². The van der Waals surface area contributed by atoms with E-state index in [1.54, 1.807) is 47.9 Å². The number of hydrogen-bond acceptors (Lipinski definition) is 3. The van der Waals surface area contributed by atoms with Crippen LogP contribution in [-0.2, 0) is 22.4 Å². The average Bonchev–Trinajstić information content (AvgIpc) is 3.65. The van der Waals surface area contributed by atoms with Gasteiger partial charge in [0.15, 0.2) is 0 Å². The molecule has 0 radical (unpaired) electrons. The highest BCUT2D eigenvalue weighted by Gasteiger charge is 2.51. The number of methoxy groups -OCH3 is 1. The first kappa shape index (κ1) is 23.4. The van der Waals surface area contributed by atoms with Crippen molar-refractivity contribution in [2.75, 3.05) is 7.11 Å². The topological polar surface area (TPSA) is 60.3 Å². The zero-order chi connectivity index (χ0) is 24.7. The molecule has 0 bridgehead atoms. The van der Waals surface area contributed by atoms with Crippen LogP contribution in [0.15, 0.2) is 59.4 Å². The number of ether oxygens (including phenoxy) is 1. The number of hydrogen-bond donors (Lipinski definition) is 1. The molecule has 2 aromatic carbocycles. The molecule has 1 amide bonds. The number of halogens is 2. The molecule has 1 aliphatic carbocycles. The normalized spacial score (nSPS) is 20.2. The molecular weight excluding hydrogens is 450 g/mol. The Morgan fingerprint density at radius 2 is 1.91 bits per heavy atom. The van der Waals surface area contributed by atoms with Crippen LogP contribution in [0.2, 0.25) is 0 Å². The Morgan fingerprint density at radius 3 is 2.63 bits per heavy atom. The first-order valence-corrected chi connectivity index (χ1v) is 11.9. The van der Waals surface area contributed by atoms with Crippen LogP contribution in [0.25, 0.3) is 11.1 Å². The van der Waals surface area contributed by atoms with Gasteiger partial charge in [-0.3, -0.25) is 9.59 Å². The van der Waals surface area contributed by atoms with Gasteiger partial charge in [-0.1, -0.05) is 36.4 Å². The molecule has 1 aliphatic heterocycles. The van der Waals surface area contributed by atoms with Crippen LogP contribution in [0.1, 0.15) is 42.1 Å². The van der Waals surface area contributed by atoms with Crippen molar-refractivity contribution in [2.24, 2.45) is 0 Å². The van der Waals surface area contributed by atoms with E-state index in [-0.39, 0.29) is 23.9 Å². The molecule has 2 heterocycles. The van der Waals surface area contributed by atoms with Gasteiger partial charge in [-0.2, -0.15) is 0 Å². The fourth-order valence-corrected chi connectivity index (χ4v) is 5.12. The van der Waals surface area contributed by atoms with Gasteiger partial charge >= 0.3 is 0 Å². The number of aryl methyl sites for hydroxylation is 2. The van der Waals surface area contributed by atoms with Gasteiger partial charge in [0, 0.05) is 23.9 Å². The molecular formula is C28H28F2N2O3. The second-order valence-electron chi connectivity index (χ2n) is 9.56. The first-order valence-electron chi connectivity index (χ1n) is 11.9. The summed E-state index contributed by atoms with van der Waals surface area (Å²) in [6, 6.07) is 13.8. The van der Waals surface area contributed by atoms with Crippen molar-refractivity contribution in [2.45, 2.75) is 56.7 Å². The van der Waals surface area contributed by atoms with E-state index in [2.05, 4.69) is 5.32 Å². The number of nitrogens with zero attached hydrogens (tertiary/aromatic N) is 1. The summed E-state index contributed by atoms with van der Waals surface area (Å²) in [5.41, 5.74) is 1.67. The van der Waals surface area contributed by atoms with E-state index >= 15 is 4.39 Å². The van der Waals surface area contributed by atoms with Gasteiger partial charge in [0.05, 0.1) is 12.1 Å². The summed E-state index contributed by atoms with van der Waals surface area (Å²) in [7, 11) is 1.53. The quantitative estimate of drug-likeness (QED) is 0.568. The Morgan fingerprint density at radius 1 is 1.14 bits per heavy atom. The highest BCUT2D eigenvalue weighted by molar-refractivity contribution is 5.88. The number of benzene rings is 2. The maximum absolute atomic E-state index is 15.7. The lowest BCUT2D eigenvalue weighted by molar-refractivity contribution is -0.134. The van der Waals surface area contributed by atoms with Crippen LogP contribution in [0.4, 0.5) is 8.78 Å². The Kier molecular flexibility index (Phi) is 6.05. The number of nitrogens with one attached hydrogen (secondary N) is 1. The van der Waals surface area contributed by atoms with E-state index in [9.17, 15) is 14.0 Å². The largest absolute Gasteiger partial charge is 0.368 e. The molecule has 7 heteroatoms. The molecule has 1 N–H and O–H groups in total. The Bertz CT molecular complexity index is 1350. The standard InChI is InChI=1S/C28H28F2N2O3/c1-17-9-10-21-11-12-23(31-27(34)28(35-2)13-14-28)24(32(21)26(17)33)16-19-6-4-8-22(25(19)30)18-5-3-7-20(29)15-18/h3-10,15,23-24H,11-14,16H2,1-2H3,(H,31,34). The summed E-state index contributed by atoms with van der Waals surface area (Å²) in [5.74, 6) is -1.08. The minimum atomic E-state index is -0.801. The van der Waals surface area contributed by atoms with Gasteiger partial charge in [0.2, 0.25) is 0 Å². The molecule has 1 saturated carbocycles. The van der Waals surface area contributed by atoms with Crippen molar-refractivity contribution in [1.82, 2.24) is 9.88 Å². The second kappa shape index (κ2) is 9.04. The molecule has 2 atom stereocenters. The van der Waals surface area contributed by atoms with E-state index in [1.165, 1.54) is 19.2 Å². The summed E-state index contributed by atoms with van der Waals surface area (Å²) in [4.78, 5) is 26.2. The van der Waals surface area contributed by atoms with Crippen molar-refractivity contribution < 1.29 is 18.3 Å². The average molecular weight is 479 g/mol. The van der Waals surface area contributed by atoms with E-state index in [0.29, 0.717) is 47.9 Å². The first-order chi connectivity index (χ1) is 16.8. The lowest BCUT2D eigenvalue weighted by Gasteiger charge is -2.37. The van der Waals surface area contributed by atoms with Gasteiger partial charge in [-0.05, 0) is 68.4 Å². The fourth-order valence-electron chi connectivity index (χ4n) is 5.12. The maximum Gasteiger partial charge on any atom is 0.253 e. The summed E-state index contributed by atoms with van der Waals surface area (Å²) in [5, 5.41) is 3.11. The molecule has 2 unspecified atom stereocenters. The number of carbonyl (C=O) groups is 1. The molecule has 2 aliphatic rings. The van der Waals surface area contributed by atoms with E-state index < -0.39 is 23.3 Å². The summed E-state index contributed by atoms with van der Waals surface area (Å²) in [6.07, 6.45) is 2.78. The lowest BCUT2D eigenvalue weighted by atomic mass is 9.89. The van der Waals surface area contributed by atoms with Crippen LogP contribution in [0.5, 0.6) is 0 Å².